The number of anilines is 2. The largest absolute Gasteiger partial charge is 0.457 e. The van der Waals surface area contributed by atoms with Crippen molar-refractivity contribution in [3.63, 3.8) is 0 Å². The molecule has 0 aliphatic carbocycles. The molecular formula is C48H50N10O6. The van der Waals surface area contributed by atoms with Gasteiger partial charge in [0, 0.05) is 37.3 Å². The van der Waals surface area contributed by atoms with E-state index in [4.69, 9.17) is 32.4 Å². The lowest BCUT2D eigenvalue weighted by Crippen LogP contribution is -2.40. The molecule has 2 aromatic heterocycles. The molecule has 8 rings (SSSR count). The van der Waals surface area contributed by atoms with Gasteiger partial charge in [0.2, 0.25) is 11.8 Å². The molecule has 16 heteroatoms. The van der Waals surface area contributed by atoms with E-state index in [-0.39, 0.29) is 46.7 Å². The van der Waals surface area contributed by atoms with Gasteiger partial charge in [-0.1, -0.05) is 49.6 Å². The molecule has 64 heavy (non-hydrogen) atoms. The number of para-hydroxylation sites is 2. The van der Waals surface area contributed by atoms with Crippen LogP contribution in [0.5, 0.6) is 23.0 Å². The maximum Gasteiger partial charge on any atom is 0.254 e. The van der Waals surface area contributed by atoms with Gasteiger partial charge in [0.05, 0.1) is 12.1 Å². The van der Waals surface area contributed by atoms with Crippen LogP contribution >= 0.6 is 0 Å². The third kappa shape index (κ3) is 9.81. The van der Waals surface area contributed by atoms with Gasteiger partial charge in [-0.2, -0.15) is 10.2 Å². The lowest BCUT2D eigenvalue weighted by molar-refractivity contribution is -0.128. The predicted molar refractivity (Wildman–Crippen MR) is 244 cm³/mol. The van der Waals surface area contributed by atoms with Crippen LogP contribution in [0.4, 0.5) is 11.6 Å². The Bertz CT molecular complexity index is 2460. The second-order valence-corrected chi connectivity index (χ2v) is 15.3. The predicted octanol–water partition coefficient (Wildman–Crippen LogP) is 6.75. The first kappa shape index (κ1) is 43.9. The van der Waals surface area contributed by atoms with Crippen molar-refractivity contribution in [3.05, 3.63) is 146 Å². The van der Waals surface area contributed by atoms with Gasteiger partial charge in [0.1, 0.15) is 57.1 Å². The average Bonchev–Trinajstić information content (AvgIpc) is 3.86. The van der Waals surface area contributed by atoms with E-state index in [0.29, 0.717) is 60.2 Å². The summed E-state index contributed by atoms with van der Waals surface area (Å²) in [5.74, 6) is 1.59. The van der Waals surface area contributed by atoms with Crippen molar-refractivity contribution in [2.24, 2.45) is 11.5 Å². The SMILES string of the molecule is C=CC(=O)N1CCC[C@@H](n2nc(-c3ccc(Oc4ccccc4)cc3)c(C(N)=O)c2N)C1.C=CC(=O)N1CCC[C@H](n2nc(-c3ccc(Oc4ccccc4)cc3)c(C(N)=O)c2N)C1. The van der Waals surface area contributed by atoms with Gasteiger partial charge in [-0.05, 0) is 111 Å². The summed E-state index contributed by atoms with van der Waals surface area (Å²) < 4.78 is 14.9. The number of rotatable bonds is 12. The molecule has 8 N–H and O–H groups in total. The molecule has 0 radical (unpaired) electrons. The van der Waals surface area contributed by atoms with Gasteiger partial charge >= 0.3 is 0 Å². The molecule has 2 aliphatic rings. The second kappa shape index (κ2) is 19.7. The third-order valence-corrected chi connectivity index (χ3v) is 11.1. The molecule has 2 atom stereocenters. The molecule has 0 saturated carbocycles. The number of amides is 4. The van der Waals surface area contributed by atoms with Crippen molar-refractivity contribution in [2.45, 2.75) is 37.8 Å². The van der Waals surface area contributed by atoms with E-state index in [1.807, 2.05) is 84.9 Å². The molecule has 328 valence electrons. The van der Waals surface area contributed by atoms with Crippen LogP contribution in [0.3, 0.4) is 0 Å². The highest BCUT2D eigenvalue weighted by Crippen LogP contribution is 2.35. The van der Waals surface area contributed by atoms with E-state index < -0.39 is 11.8 Å². The molecule has 4 amide bonds. The Morgan fingerprint density at radius 3 is 1.22 bits per heavy atom. The number of primary amides is 2. The highest BCUT2D eigenvalue weighted by Gasteiger charge is 2.31. The van der Waals surface area contributed by atoms with E-state index in [1.165, 1.54) is 12.2 Å². The van der Waals surface area contributed by atoms with Gasteiger partial charge in [0.25, 0.3) is 11.8 Å². The van der Waals surface area contributed by atoms with Crippen LogP contribution in [-0.4, -0.2) is 79.2 Å². The van der Waals surface area contributed by atoms with Gasteiger partial charge in [-0.25, -0.2) is 9.36 Å². The minimum absolute atomic E-state index is 0.134. The molecule has 0 unspecified atom stereocenters. The van der Waals surface area contributed by atoms with Gasteiger partial charge in [0.15, 0.2) is 0 Å². The van der Waals surface area contributed by atoms with Crippen LogP contribution in [0.25, 0.3) is 22.5 Å². The number of carbonyl (C=O) groups excluding carboxylic acids is 4. The molecule has 0 bridgehead atoms. The number of hydrogen-bond donors (Lipinski definition) is 4. The Balaban J connectivity index is 0.000000191. The maximum atomic E-state index is 12.2. The van der Waals surface area contributed by atoms with Crippen molar-refractivity contribution < 1.29 is 28.7 Å². The zero-order valence-corrected chi connectivity index (χ0v) is 35.2. The molecule has 0 spiro atoms. The van der Waals surface area contributed by atoms with Crippen LogP contribution in [0.15, 0.2) is 135 Å². The summed E-state index contributed by atoms with van der Waals surface area (Å²) in [5, 5.41) is 9.29. The molecule has 2 fully saturated rings. The number of nitrogens with zero attached hydrogens (tertiary/aromatic N) is 6. The number of benzene rings is 4. The molecule has 4 aromatic carbocycles. The molecule has 6 aromatic rings. The fraction of sp³-hybridized carbons (Fsp3) is 0.208. The Morgan fingerprint density at radius 2 is 0.891 bits per heavy atom. The first-order valence-corrected chi connectivity index (χ1v) is 20.8. The van der Waals surface area contributed by atoms with E-state index in [1.54, 1.807) is 43.4 Å². The monoisotopic (exact) mass is 862 g/mol. The molecular weight excluding hydrogens is 813 g/mol. The lowest BCUT2D eigenvalue weighted by Gasteiger charge is -2.32. The van der Waals surface area contributed by atoms with Crippen LogP contribution < -0.4 is 32.4 Å². The van der Waals surface area contributed by atoms with Crippen LogP contribution in [0, 0.1) is 0 Å². The van der Waals surface area contributed by atoms with Crippen molar-refractivity contribution in [3.8, 4) is 45.5 Å². The van der Waals surface area contributed by atoms with Crippen molar-refractivity contribution in [2.75, 3.05) is 37.6 Å². The minimum Gasteiger partial charge on any atom is -0.457 e. The summed E-state index contributed by atoms with van der Waals surface area (Å²) in [7, 11) is 0. The number of nitrogen functional groups attached to an aromatic ring is 2. The number of piperidine rings is 2. The first-order valence-electron chi connectivity index (χ1n) is 20.8. The topological polar surface area (TPSA) is 233 Å². The fourth-order valence-corrected chi connectivity index (χ4v) is 7.92. The number of carbonyl (C=O) groups is 4. The highest BCUT2D eigenvalue weighted by molar-refractivity contribution is 6.04. The average molecular weight is 863 g/mol. The summed E-state index contributed by atoms with van der Waals surface area (Å²) in [5.41, 5.74) is 26.5. The van der Waals surface area contributed by atoms with E-state index >= 15 is 0 Å². The van der Waals surface area contributed by atoms with E-state index in [9.17, 15) is 19.2 Å². The second-order valence-electron chi connectivity index (χ2n) is 15.3. The number of hydrogen-bond acceptors (Lipinski definition) is 10. The summed E-state index contributed by atoms with van der Waals surface area (Å²) in [6.45, 7) is 9.30. The zero-order valence-electron chi connectivity index (χ0n) is 35.2. The molecule has 2 saturated heterocycles. The van der Waals surface area contributed by atoms with Crippen molar-refractivity contribution >= 4 is 35.3 Å². The Labute approximate surface area is 370 Å². The minimum atomic E-state index is -0.650. The smallest absolute Gasteiger partial charge is 0.254 e. The van der Waals surface area contributed by atoms with E-state index in [2.05, 4.69) is 23.4 Å². The van der Waals surface area contributed by atoms with Crippen molar-refractivity contribution in [1.29, 1.82) is 0 Å². The van der Waals surface area contributed by atoms with Gasteiger partial charge in [-0.15, -0.1) is 0 Å². The highest BCUT2D eigenvalue weighted by atomic mass is 16.5. The molecule has 4 heterocycles. The normalized spacial score (nSPS) is 15.9. The number of aromatic nitrogens is 4. The maximum absolute atomic E-state index is 12.2. The quantitative estimate of drug-likeness (QED) is 0.0946. The number of ether oxygens (including phenoxy) is 2. The van der Waals surface area contributed by atoms with Crippen LogP contribution in [-0.2, 0) is 9.59 Å². The third-order valence-electron chi connectivity index (χ3n) is 11.1. The van der Waals surface area contributed by atoms with E-state index in [0.717, 1.165) is 37.2 Å². The fourth-order valence-electron chi connectivity index (χ4n) is 7.92. The standard InChI is InChI=1S/2C24H25N5O3/c2*1-2-20(30)28-14-6-7-17(15-28)29-23(25)21(24(26)31)22(27-29)16-10-12-19(13-11-16)32-18-8-4-3-5-9-18/h2*2-5,8-13,17H,1,6-7,14-15,25H2,(H2,26,31)/t2*17-/m10/s1. The Morgan fingerprint density at radius 1 is 0.547 bits per heavy atom. The van der Waals surface area contributed by atoms with Crippen molar-refractivity contribution in [1.82, 2.24) is 29.4 Å². The summed E-state index contributed by atoms with van der Waals surface area (Å²) >= 11 is 0. The number of likely N-dealkylation sites (tertiary alicyclic amines) is 2. The summed E-state index contributed by atoms with van der Waals surface area (Å²) in [4.78, 5) is 52.0. The van der Waals surface area contributed by atoms with Gasteiger partial charge < -0.3 is 42.2 Å². The molecule has 2 aliphatic heterocycles. The zero-order chi connectivity index (χ0) is 45.3. The Kier molecular flexibility index (Phi) is 13.5. The van der Waals surface area contributed by atoms with Gasteiger partial charge in [-0.3, -0.25) is 19.2 Å². The summed E-state index contributed by atoms with van der Waals surface area (Å²) in [6.07, 6.45) is 5.78. The Hall–Kier alpha value is -8.14. The summed E-state index contributed by atoms with van der Waals surface area (Å²) in [6, 6.07) is 33.0. The first-order chi connectivity index (χ1) is 30.9. The lowest BCUT2D eigenvalue weighted by atomic mass is 10.1. The number of nitrogens with two attached hydrogens (primary N) is 4. The van der Waals surface area contributed by atoms with Crippen LogP contribution in [0.1, 0.15) is 58.5 Å². The van der Waals surface area contributed by atoms with Crippen LogP contribution in [0.2, 0.25) is 0 Å². The molecule has 16 nitrogen and oxygen atoms in total.